The van der Waals surface area contributed by atoms with Crippen LogP contribution in [-0.2, 0) is 13.1 Å². The Labute approximate surface area is 123 Å². The maximum absolute atomic E-state index is 5.85. The SMILES string of the molecule is C=CCN(CC=C)Cc1cc(CNCC(C)C)c(C)o1. The van der Waals surface area contributed by atoms with Crippen LogP contribution in [0.4, 0.5) is 0 Å². The highest BCUT2D eigenvalue weighted by molar-refractivity contribution is 5.20. The molecule has 1 heterocycles. The van der Waals surface area contributed by atoms with Crippen LogP contribution in [-0.4, -0.2) is 24.5 Å². The second-order valence-corrected chi connectivity index (χ2v) is 5.59. The highest BCUT2D eigenvalue weighted by Crippen LogP contribution is 2.16. The molecule has 1 aromatic heterocycles. The van der Waals surface area contributed by atoms with E-state index in [4.69, 9.17) is 4.42 Å². The van der Waals surface area contributed by atoms with Gasteiger partial charge in [0, 0.05) is 25.2 Å². The zero-order chi connectivity index (χ0) is 15.0. The van der Waals surface area contributed by atoms with Crippen LogP contribution in [0.2, 0.25) is 0 Å². The van der Waals surface area contributed by atoms with E-state index in [-0.39, 0.29) is 0 Å². The van der Waals surface area contributed by atoms with Gasteiger partial charge in [0.25, 0.3) is 0 Å². The lowest BCUT2D eigenvalue weighted by Gasteiger charge is -2.16. The Bertz CT molecular complexity index is 411. The highest BCUT2D eigenvalue weighted by Gasteiger charge is 2.10. The largest absolute Gasteiger partial charge is 0.465 e. The van der Waals surface area contributed by atoms with Crippen molar-refractivity contribution < 1.29 is 4.42 Å². The molecule has 112 valence electrons. The molecule has 0 aliphatic rings. The first-order valence-electron chi connectivity index (χ1n) is 7.29. The number of hydrogen-bond acceptors (Lipinski definition) is 3. The molecule has 0 fully saturated rings. The summed E-state index contributed by atoms with van der Waals surface area (Å²) < 4.78 is 5.85. The summed E-state index contributed by atoms with van der Waals surface area (Å²) in [4.78, 5) is 2.24. The molecule has 0 saturated heterocycles. The fourth-order valence-electron chi connectivity index (χ4n) is 2.13. The van der Waals surface area contributed by atoms with Gasteiger partial charge in [-0.1, -0.05) is 26.0 Å². The van der Waals surface area contributed by atoms with Gasteiger partial charge in [-0.3, -0.25) is 4.90 Å². The molecule has 20 heavy (non-hydrogen) atoms. The van der Waals surface area contributed by atoms with Gasteiger partial charge in [0.2, 0.25) is 0 Å². The Morgan fingerprint density at radius 3 is 2.50 bits per heavy atom. The van der Waals surface area contributed by atoms with Gasteiger partial charge in [-0.05, 0) is 25.5 Å². The molecule has 0 amide bonds. The number of furan rings is 1. The number of hydrogen-bond donors (Lipinski definition) is 1. The number of nitrogens with zero attached hydrogens (tertiary/aromatic N) is 1. The molecule has 0 saturated carbocycles. The number of rotatable bonds is 10. The molecule has 1 rings (SSSR count). The molecule has 1 aromatic rings. The van der Waals surface area contributed by atoms with Crippen LogP contribution in [0.25, 0.3) is 0 Å². The van der Waals surface area contributed by atoms with Crippen LogP contribution in [0.5, 0.6) is 0 Å². The van der Waals surface area contributed by atoms with Crippen molar-refractivity contribution in [2.75, 3.05) is 19.6 Å². The Balaban J connectivity index is 2.58. The third-order valence-corrected chi connectivity index (χ3v) is 3.09. The average Bonchev–Trinajstić information content (AvgIpc) is 2.70. The Hall–Kier alpha value is -1.32. The van der Waals surface area contributed by atoms with Gasteiger partial charge >= 0.3 is 0 Å². The summed E-state index contributed by atoms with van der Waals surface area (Å²) in [5.41, 5.74) is 1.25. The van der Waals surface area contributed by atoms with Crippen LogP contribution in [0, 0.1) is 12.8 Å². The van der Waals surface area contributed by atoms with Gasteiger partial charge in [-0.15, -0.1) is 13.2 Å². The van der Waals surface area contributed by atoms with E-state index in [0.29, 0.717) is 5.92 Å². The van der Waals surface area contributed by atoms with Gasteiger partial charge in [-0.25, -0.2) is 0 Å². The quantitative estimate of drug-likeness (QED) is 0.663. The first-order valence-corrected chi connectivity index (χ1v) is 7.29. The molecular weight excluding hydrogens is 248 g/mol. The topological polar surface area (TPSA) is 28.4 Å². The fraction of sp³-hybridized carbons (Fsp3) is 0.529. The van der Waals surface area contributed by atoms with E-state index in [1.54, 1.807) is 0 Å². The van der Waals surface area contributed by atoms with E-state index >= 15 is 0 Å². The van der Waals surface area contributed by atoms with Gasteiger partial charge < -0.3 is 9.73 Å². The molecule has 3 nitrogen and oxygen atoms in total. The Morgan fingerprint density at radius 1 is 1.30 bits per heavy atom. The van der Waals surface area contributed by atoms with E-state index in [9.17, 15) is 0 Å². The van der Waals surface area contributed by atoms with E-state index in [1.807, 2.05) is 19.1 Å². The molecule has 0 radical (unpaired) electrons. The van der Waals surface area contributed by atoms with Crippen molar-refractivity contribution in [3.63, 3.8) is 0 Å². The minimum atomic E-state index is 0.664. The summed E-state index contributed by atoms with van der Waals surface area (Å²) in [6.45, 7) is 18.4. The Morgan fingerprint density at radius 2 is 1.95 bits per heavy atom. The number of aryl methyl sites for hydroxylation is 1. The molecule has 0 aromatic carbocycles. The lowest BCUT2D eigenvalue weighted by Crippen LogP contribution is -2.23. The maximum atomic E-state index is 5.85. The van der Waals surface area contributed by atoms with Crippen molar-refractivity contribution in [3.05, 3.63) is 48.5 Å². The van der Waals surface area contributed by atoms with Gasteiger partial charge in [0.15, 0.2) is 0 Å². The van der Waals surface area contributed by atoms with Crippen molar-refractivity contribution in [2.45, 2.75) is 33.9 Å². The van der Waals surface area contributed by atoms with E-state index < -0.39 is 0 Å². The van der Waals surface area contributed by atoms with Gasteiger partial charge in [0.1, 0.15) is 11.5 Å². The van der Waals surface area contributed by atoms with Crippen LogP contribution >= 0.6 is 0 Å². The monoisotopic (exact) mass is 276 g/mol. The lowest BCUT2D eigenvalue weighted by atomic mass is 10.2. The van der Waals surface area contributed by atoms with Crippen LogP contribution in [0.1, 0.15) is 30.9 Å². The van der Waals surface area contributed by atoms with Crippen molar-refractivity contribution in [2.24, 2.45) is 5.92 Å². The summed E-state index contributed by atoms with van der Waals surface area (Å²) in [6.07, 6.45) is 3.81. The second kappa shape index (κ2) is 8.77. The smallest absolute Gasteiger partial charge is 0.118 e. The zero-order valence-corrected chi connectivity index (χ0v) is 13.1. The van der Waals surface area contributed by atoms with E-state index in [2.05, 4.69) is 43.3 Å². The summed E-state index contributed by atoms with van der Waals surface area (Å²) in [5.74, 6) is 2.68. The molecule has 0 spiro atoms. The first-order chi connectivity index (χ1) is 9.56. The summed E-state index contributed by atoms with van der Waals surface area (Å²) in [6, 6.07) is 2.15. The molecule has 0 atom stereocenters. The third kappa shape index (κ3) is 5.76. The third-order valence-electron chi connectivity index (χ3n) is 3.09. The van der Waals surface area contributed by atoms with Crippen molar-refractivity contribution in [1.82, 2.24) is 10.2 Å². The van der Waals surface area contributed by atoms with Gasteiger partial charge in [-0.2, -0.15) is 0 Å². The molecular formula is C17H28N2O. The van der Waals surface area contributed by atoms with Crippen molar-refractivity contribution in [1.29, 1.82) is 0 Å². The lowest BCUT2D eigenvalue weighted by molar-refractivity contribution is 0.292. The second-order valence-electron chi connectivity index (χ2n) is 5.59. The molecule has 0 unspecified atom stereocenters. The first kappa shape index (κ1) is 16.7. The maximum Gasteiger partial charge on any atom is 0.118 e. The molecule has 0 aliphatic carbocycles. The van der Waals surface area contributed by atoms with Crippen LogP contribution < -0.4 is 5.32 Å². The Kier molecular flexibility index (Phi) is 7.34. The standard InChI is InChI=1S/C17H28N2O/c1-6-8-19(9-7-2)13-17-10-16(15(5)20-17)12-18-11-14(3)4/h6-7,10,14,18H,1-2,8-9,11-13H2,3-5H3. The summed E-state index contributed by atoms with van der Waals surface area (Å²) in [5, 5.41) is 3.45. The van der Waals surface area contributed by atoms with E-state index in [1.165, 1.54) is 5.56 Å². The molecule has 1 N–H and O–H groups in total. The zero-order valence-electron chi connectivity index (χ0n) is 13.1. The molecule has 0 bridgehead atoms. The summed E-state index contributed by atoms with van der Waals surface area (Å²) >= 11 is 0. The van der Waals surface area contributed by atoms with Crippen molar-refractivity contribution >= 4 is 0 Å². The van der Waals surface area contributed by atoms with Crippen LogP contribution in [0.3, 0.4) is 0 Å². The molecule has 0 aliphatic heterocycles. The highest BCUT2D eigenvalue weighted by atomic mass is 16.3. The van der Waals surface area contributed by atoms with Crippen LogP contribution in [0.15, 0.2) is 35.8 Å². The fourth-order valence-corrected chi connectivity index (χ4v) is 2.13. The predicted octanol–water partition coefficient (Wildman–Crippen LogP) is 3.51. The predicted molar refractivity (Wildman–Crippen MR) is 85.7 cm³/mol. The number of nitrogens with one attached hydrogen (secondary N) is 1. The van der Waals surface area contributed by atoms with E-state index in [0.717, 1.165) is 44.2 Å². The van der Waals surface area contributed by atoms with Gasteiger partial charge in [0.05, 0.1) is 6.54 Å². The molecule has 3 heteroatoms. The minimum absolute atomic E-state index is 0.664. The summed E-state index contributed by atoms with van der Waals surface area (Å²) in [7, 11) is 0. The normalized spacial score (nSPS) is 11.2. The average molecular weight is 276 g/mol. The van der Waals surface area contributed by atoms with Crippen molar-refractivity contribution in [3.8, 4) is 0 Å². The minimum Gasteiger partial charge on any atom is -0.465 e.